The van der Waals surface area contributed by atoms with Crippen LogP contribution in [0.3, 0.4) is 0 Å². The van der Waals surface area contributed by atoms with Crippen molar-refractivity contribution in [1.29, 1.82) is 0 Å². The highest BCUT2D eigenvalue weighted by atomic mass is 32.3. The van der Waals surface area contributed by atoms with Gasteiger partial charge >= 0.3 is 0 Å². The molecule has 0 unspecified atom stereocenters. The van der Waals surface area contributed by atoms with E-state index in [9.17, 15) is 16.0 Å². The summed E-state index contributed by atoms with van der Waals surface area (Å²) in [7, 11) is 0. The molecule has 0 radical (unpaired) electrons. The Kier molecular flexibility index (Phi) is 2.18. The average Bonchev–Trinajstić information content (AvgIpc) is 1.92. The lowest BCUT2D eigenvalue weighted by atomic mass is 10.3. The van der Waals surface area contributed by atoms with Crippen LogP contribution >= 0.6 is 11.2 Å². The van der Waals surface area contributed by atoms with Crippen LogP contribution in [0.1, 0.15) is 0 Å². The summed E-state index contributed by atoms with van der Waals surface area (Å²) in [5.74, 6) is -1.03. The lowest BCUT2D eigenvalue weighted by Gasteiger charge is -2.09. The molecule has 0 saturated heterocycles. The summed E-state index contributed by atoms with van der Waals surface area (Å²) in [5.41, 5.74) is 4.72. The first-order valence-electron chi connectivity index (χ1n) is 2.88. The van der Waals surface area contributed by atoms with Crippen molar-refractivity contribution in [1.82, 2.24) is 0 Å². The zero-order valence-electron chi connectivity index (χ0n) is 5.73. The third kappa shape index (κ3) is 1.82. The topological polar surface area (TPSA) is 26.0 Å². The maximum absolute atomic E-state index is 12.5. The number of hydrogen-bond acceptors (Lipinski definition) is 1. The van der Waals surface area contributed by atoms with Gasteiger partial charge in [-0.25, -0.2) is 4.39 Å². The molecule has 1 aromatic rings. The fourth-order valence-electron chi connectivity index (χ4n) is 0.652. The van der Waals surface area contributed by atoms with E-state index in [-0.39, 0.29) is 5.69 Å². The van der Waals surface area contributed by atoms with Crippen LogP contribution in [0.4, 0.5) is 21.7 Å². The molecule has 0 atom stereocenters. The van der Waals surface area contributed by atoms with Gasteiger partial charge in [0.2, 0.25) is 11.2 Å². The first kappa shape index (κ1) is 9.18. The van der Waals surface area contributed by atoms with Gasteiger partial charge in [-0.05, 0) is 18.2 Å². The third-order valence-electron chi connectivity index (χ3n) is 1.24. The van der Waals surface area contributed by atoms with Crippen LogP contribution in [-0.4, -0.2) is 0 Å². The number of rotatable bonds is 1. The van der Waals surface area contributed by atoms with Crippen molar-refractivity contribution < 1.29 is 16.0 Å². The number of nitrogens with two attached hydrogens (primary N) is 1. The molecule has 0 saturated carbocycles. The van der Waals surface area contributed by atoms with Crippen molar-refractivity contribution in [3.8, 4) is 0 Å². The summed E-state index contributed by atoms with van der Waals surface area (Å²) < 4.78 is 48.4. The first-order valence-corrected chi connectivity index (χ1v) is 4.22. The molecule has 0 fully saturated rings. The number of anilines is 1. The first-order chi connectivity index (χ1) is 5.41. The van der Waals surface area contributed by atoms with Crippen molar-refractivity contribution in [3.63, 3.8) is 0 Å². The van der Waals surface area contributed by atoms with Gasteiger partial charge < -0.3 is 5.73 Å². The average molecular weight is 199 g/mol. The standard InChI is InChI=1S/C6H5F4NS/c7-5-3-4(12(8,9)10)1-2-6(5)11/h1-3H,11H2. The Bertz CT molecular complexity index is 296. The second-order valence-electron chi connectivity index (χ2n) is 2.09. The van der Waals surface area contributed by atoms with Gasteiger partial charge in [0.15, 0.2) is 0 Å². The van der Waals surface area contributed by atoms with Crippen molar-refractivity contribution in [2.45, 2.75) is 4.90 Å². The molecule has 1 nitrogen and oxygen atoms in total. The number of nitrogen functional groups attached to an aromatic ring is 1. The van der Waals surface area contributed by atoms with Gasteiger partial charge in [0.1, 0.15) is 5.82 Å². The highest BCUT2D eigenvalue weighted by Gasteiger charge is 2.24. The van der Waals surface area contributed by atoms with Crippen LogP contribution in [0.25, 0.3) is 0 Å². The van der Waals surface area contributed by atoms with E-state index in [2.05, 4.69) is 0 Å². The molecule has 12 heavy (non-hydrogen) atoms. The summed E-state index contributed by atoms with van der Waals surface area (Å²) >= 11 is -5.34. The van der Waals surface area contributed by atoms with E-state index in [1.165, 1.54) is 0 Å². The van der Waals surface area contributed by atoms with Crippen molar-refractivity contribution in [2.24, 2.45) is 0 Å². The van der Waals surface area contributed by atoms with Crippen LogP contribution < -0.4 is 5.73 Å². The lowest BCUT2D eigenvalue weighted by molar-refractivity contribution is 0.612. The van der Waals surface area contributed by atoms with Gasteiger partial charge in [0.25, 0.3) is 0 Å². The van der Waals surface area contributed by atoms with E-state index in [4.69, 9.17) is 5.73 Å². The van der Waals surface area contributed by atoms with Crippen LogP contribution in [0.15, 0.2) is 23.1 Å². The fourth-order valence-corrected chi connectivity index (χ4v) is 1.11. The largest absolute Gasteiger partial charge is 0.396 e. The Labute approximate surface area is 68.4 Å². The van der Waals surface area contributed by atoms with Gasteiger partial charge in [-0.15, -0.1) is 11.7 Å². The van der Waals surface area contributed by atoms with E-state index < -0.39 is 21.9 Å². The zero-order valence-corrected chi connectivity index (χ0v) is 6.55. The van der Waals surface area contributed by atoms with Crippen molar-refractivity contribution >= 4 is 16.9 Å². The Morgan fingerprint density at radius 1 is 1.17 bits per heavy atom. The summed E-state index contributed by atoms with van der Waals surface area (Å²) in [6, 6.07) is 2.09. The Morgan fingerprint density at radius 2 is 1.75 bits per heavy atom. The molecule has 0 spiro atoms. The molecule has 0 aliphatic heterocycles. The summed E-state index contributed by atoms with van der Waals surface area (Å²) in [5, 5.41) is 0. The molecule has 0 aliphatic carbocycles. The van der Waals surface area contributed by atoms with Crippen LogP contribution in [0, 0.1) is 5.82 Å². The SMILES string of the molecule is Nc1ccc(S(F)(F)F)cc1F. The summed E-state index contributed by atoms with van der Waals surface area (Å²) in [6.07, 6.45) is 0. The maximum Gasteiger partial charge on any atom is 0.237 e. The third-order valence-corrected chi connectivity index (χ3v) is 2.03. The minimum absolute atomic E-state index is 0.276. The molecule has 1 aromatic carbocycles. The van der Waals surface area contributed by atoms with Gasteiger partial charge in [-0.1, -0.05) is 0 Å². The van der Waals surface area contributed by atoms with Crippen LogP contribution in [0.2, 0.25) is 0 Å². The minimum Gasteiger partial charge on any atom is -0.396 e. The smallest absolute Gasteiger partial charge is 0.237 e. The van der Waals surface area contributed by atoms with Crippen LogP contribution in [-0.2, 0) is 0 Å². The summed E-state index contributed by atoms with van der Waals surface area (Å²) in [4.78, 5) is -0.950. The Hall–Kier alpha value is -0.910. The molecule has 0 aromatic heterocycles. The minimum atomic E-state index is -5.34. The second kappa shape index (κ2) is 2.85. The molecular weight excluding hydrogens is 194 g/mol. The monoisotopic (exact) mass is 199 g/mol. The van der Waals surface area contributed by atoms with Gasteiger partial charge in [0.05, 0.1) is 10.6 Å². The van der Waals surface area contributed by atoms with Gasteiger partial charge in [-0.3, -0.25) is 0 Å². The molecule has 2 N–H and O–H groups in total. The number of halogens is 4. The zero-order chi connectivity index (χ0) is 9.35. The predicted molar refractivity (Wildman–Crippen MR) is 40.0 cm³/mol. The Morgan fingerprint density at radius 3 is 2.17 bits per heavy atom. The molecule has 0 amide bonds. The number of benzene rings is 1. The van der Waals surface area contributed by atoms with E-state index in [1.807, 2.05) is 0 Å². The normalized spacial score (nSPS) is 13.0. The quantitative estimate of drug-likeness (QED) is 0.545. The summed E-state index contributed by atoms with van der Waals surface area (Å²) in [6.45, 7) is 0. The van der Waals surface area contributed by atoms with Gasteiger partial charge in [0, 0.05) is 0 Å². The molecule has 0 bridgehead atoms. The van der Waals surface area contributed by atoms with Crippen molar-refractivity contribution in [3.05, 3.63) is 24.0 Å². The highest BCUT2D eigenvalue weighted by molar-refractivity contribution is 8.20. The van der Waals surface area contributed by atoms with E-state index >= 15 is 0 Å². The molecular formula is C6H5F4NS. The van der Waals surface area contributed by atoms with Gasteiger partial charge in [-0.2, -0.15) is 0 Å². The fraction of sp³-hybridized carbons (Fsp3) is 0. The molecule has 0 aliphatic rings. The highest BCUT2D eigenvalue weighted by Crippen LogP contribution is 2.60. The maximum atomic E-state index is 12.5. The van der Waals surface area contributed by atoms with E-state index in [0.29, 0.717) is 6.07 Å². The van der Waals surface area contributed by atoms with E-state index in [0.717, 1.165) is 12.1 Å². The van der Waals surface area contributed by atoms with Crippen molar-refractivity contribution in [2.75, 3.05) is 5.73 Å². The predicted octanol–water partition coefficient (Wildman–Crippen LogP) is 3.22. The molecule has 1 rings (SSSR count). The Balaban J connectivity index is 3.14. The molecule has 6 heteroatoms. The van der Waals surface area contributed by atoms with Crippen LogP contribution in [0.5, 0.6) is 0 Å². The second-order valence-corrected chi connectivity index (χ2v) is 3.37. The molecule has 68 valence electrons. The van der Waals surface area contributed by atoms with E-state index in [1.54, 1.807) is 0 Å². The lowest BCUT2D eigenvalue weighted by Crippen LogP contribution is -1.91. The number of hydrogen-bond donors (Lipinski definition) is 1. The molecule has 0 heterocycles.